The smallest absolute Gasteiger partial charge is 0.344 e. The number of carbonyl (C=O) groups is 1. The number of aromatic nitrogens is 3. The monoisotopic (exact) mass is 367 g/mol. The molecule has 0 radical (unpaired) electrons. The number of aryl methyl sites for hydroxylation is 3. The van der Waals surface area contributed by atoms with Crippen molar-refractivity contribution >= 4 is 5.97 Å². The van der Waals surface area contributed by atoms with Crippen molar-refractivity contribution in [1.29, 1.82) is 0 Å². The molecule has 0 fully saturated rings. The molecule has 4 rings (SSSR count). The van der Waals surface area contributed by atoms with Crippen LogP contribution in [0.4, 0.5) is 0 Å². The van der Waals surface area contributed by atoms with Crippen molar-refractivity contribution in [2.75, 3.05) is 6.79 Å². The van der Waals surface area contributed by atoms with E-state index in [2.05, 4.69) is 5.10 Å². The Bertz CT molecular complexity index is 999. The lowest BCUT2D eigenvalue weighted by Crippen LogP contribution is -2.14. The Hall–Kier alpha value is -3.22. The van der Waals surface area contributed by atoms with Crippen LogP contribution in [0.15, 0.2) is 36.5 Å². The zero-order valence-electron chi connectivity index (χ0n) is 15.7. The average molecular weight is 367 g/mol. The molecule has 3 aromatic rings. The van der Waals surface area contributed by atoms with E-state index in [9.17, 15) is 4.79 Å². The van der Waals surface area contributed by atoms with E-state index in [0.29, 0.717) is 22.9 Å². The van der Waals surface area contributed by atoms with Gasteiger partial charge in [0.2, 0.25) is 6.79 Å². The molecule has 3 heterocycles. The number of rotatable bonds is 4. The molecule has 140 valence electrons. The number of fused-ring (bicyclic) bond motifs is 1. The molecule has 1 aromatic carbocycles. The Kier molecular flexibility index (Phi) is 4.14. The van der Waals surface area contributed by atoms with Crippen molar-refractivity contribution in [2.45, 2.75) is 26.9 Å². The van der Waals surface area contributed by atoms with Gasteiger partial charge in [-0.15, -0.1) is 0 Å². The van der Waals surface area contributed by atoms with Gasteiger partial charge in [0.25, 0.3) is 0 Å². The summed E-state index contributed by atoms with van der Waals surface area (Å²) in [4.78, 5) is 12.9. The van der Waals surface area contributed by atoms with Gasteiger partial charge in [0.15, 0.2) is 11.5 Å². The van der Waals surface area contributed by atoms with E-state index in [-0.39, 0.29) is 6.79 Å². The van der Waals surface area contributed by atoms with E-state index in [1.165, 1.54) is 0 Å². The largest absolute Gasteiger partial charge is 0.454 e. The minimum absolute atomic E-state index is 0.210. The van der Waals surface area contributed by atoms with Crippen molar-refractivity contribution in [2.24, 2.45) is 7.05 Å². The van der Waals surface area contributed by atoms with Gasteiger partial charge < -0.3 is 18.8 Å². The minimum Gasteiger partial charge on any atom is -0.454 e. The Labute approximate surface area is 157 Å². The lowest BCUT2D eigenvalue weighted by atomic mass is 10.1. The molecule has 1 aliphatic rings. The lowest BCUT2D eigenvalue weighted by Gasteiger charge is -2.16. The number of ether oxygens (including phenoxy) is 3. The van der Waals surface area contributed by atoms with Crippen LogP contribution in [0.5, 0.6) is 11.5 Å². The van der Waals surface area contributed by atoms with Gasteiger partial charge in [-0.25, -0.2) is 4.79 Å². The quantitative estimate of drug-likeness (QED) is 0.661. The van der Waals surface area contributed by atoms with Crippen molar-refractivity contribution < 1.29 is 19.0 Å². The Morgan fingerprint density at radius 2 is 1.85 bits per heavy atom. The van der Waals surface area contributed by atoms with Crippen LogP contribution in [-0.4, -0.2) is 27.1 Å². The molecule has 7 heteroatoms. The third-order valence-electron chi connectivity index (χ3n) is 4.76. The molecule has 7 nitrogen and oxygen atoms in total. The fourth-order valence-electron chi connectivity index (χ4n) is 3.30. The van der Waals surface area contributed by atoms with Gasteiger partial charge in [-0.05, 0) is 50.6 Å². The van der Waals surface area contributed by atoms with Gasteiger partial charge in [0.05, 0.1) is 6.20 Å². The van der Waals surface area contributed by atoms with Crippen LogP contribution in [0.3, 0.4) is 0 Å². The highest BCUT2D eigenvalue weighted by atomic mass is 16.7. The van der Waals surface area contributed by atoms with Crippen molar-refractivity contribution in [3.05, 3.63) is 59.0 Å². The maximum Gasteiger partial charge on any atom is 0.344 e. The van der Waals surface area contributed by atoms with Gasteiger partial charge in [-0.2, -0.15) is 5.10 Å². The first-order valence-corrected chi connectivity index (χ1v) is 8.73. The highest BCUT2D eigenvalue weighted by molar-refractivity contribution is 5.93. The Morgan fingerprint density at radius 3 is 2.59 bits per heavy atom. The molecule has 0 amide bonds. The number of carbonyl (C=O) groups excluding carboxylic acids is 1. The van der Waals surface area contributed by atoms with Crippen molar-refractivity contribution in [1.82, 2.24) is 14.3 Å². The van der Waals surface area contributed by atoms with Crippen molar-refractivity contribution in [3.63, 3.8) is 0 Å². The molecule has 0 aliphatic carbocycles. The fourth-order valence-corrected chi connectivity index (χ4v) is 3.30. The van der Waals surface area contributed by atoms with E-state index in [4.69, 9.17) is 14.2 Å². The van der Waals surface area contributed by atoms with Crippen LogP contribution in [0.25, 0.3) is 5.82 Å². The molecule has 2 aromatic heterocycles. The van der Waals surface area contributed by atoms with Gasteiger partial charge >= 0.3 is 5.97 Å². The highest BCUT2D eigenvalue weighted by Crippen LogP contribution is 2.35. The summed E-state index contributed by atoms with van der Waals surface area (Å²) >= 11 is 0. The first-order valence-electron chi connectivity index (χ1n) is 8.73. The van der Waals surface area contributed by atoms with Crippen LogP contribution in [0, 0.1) is 13.8 Å². The van der Waals surface area contributed by atoms with E-state index in [1.807, 2.05) is 62.7 Å². The summed E-state index contributed by atoms with van der Waals surface area (Å²) in [6.07, 6.45) is 1.11. The maximum absolute atomic E-state index is 12.9. The summed E-state index contributed by atoms with van der Waals surface area (Å²) in [5.74, 6) is 1.63. The summed E-state index contributed by atoms with van der Waals surface area (Å²) < 4.78 is 20.1. The molecule has 27 heavy (non-hydrogen) atoms. The van der Waals surface area contributed by atoms with Gasteiger partial charge in [-0.1, -0.05) is 6.07 Å². The van der Waals surface area contributed by atoms with E-state index in [0.717, 1.165) is 17.0 Å². The Morgan fingerprint density at radius 1 is 1.15 bits per heavy atom. The average Bonchev–Trinajstić information content (AvgIpc) is 3.33. The molecule has 0 spiro atoms. The SMILES string of the molecule is Cc1ccc(C)n1-c1c(C(=O)O[C@@H](C)c2ccc3c(c2)OCO3)cnn1C. The molecule has 1 atom stereocenters. The molecule has 0 saturated heterocycles. The van der Waals surface area contributed by atoms with Crippen LogP contribution in [0.2, 0.25) is 0 Å². The fraction of sp³-hybridized carbons (Fsp3) is 0.300. The summed E-state index contributed by atoms with van der Waals surface area (Å²) in [6.45, 7) is 6.02. The zero-order chi connectivity index (χ0) is 19.1. The maximum atomic E-state index is 12.9. The van der Waals surface area contributed by atoms with Gasteiger partial charge in [-0.3, -0.25) is 4.68 Å². The summed E-state index contributed by atoms with van der Waals surface area (Å²) in [5.41, 5.74) is 3.31. The molecule has 0 N–H and O–H groups in total. The summed E-state index contributed by atoms with van der Waals surface area (Å²) in [5, 5.41) is 4.26. The Balaban J connectivity index is 1.61. The highest BCUT2D eigenvalue weighted by Gasteiger charge is 2.24. The van der Waals surface area contributed by atoms with Crippen LogP contribution in [0.1, 0.15) is 40.3 Å². The van der Waals surface area contributed by atoms with E-state index < -0.39 is 12.1 Å². The van der Waals surface area contributed by atoms with Crippen LogP contribution < -0.4 is 9.47 Å². The first-order chi connectivity index (χ1) is 13.0. The zero-order valence-corrected chi connectivity index (χ0v) is 15.7. The molecule has 0 unspecified atom stereocenters. The van der Waals surface area contributed by atoms with Crippen molar-refractivity contribution in [3.8, 4) is 17.3 Å². The third kappa shape index (κ3) is 2.95. The number of esters is 1. The molecule has 1 aliphatic heterocycles. The number of hydrogen-bond acceptors (Lipinski definition) is 5. The summed E-state index contributed by atoms with van der Waals surface area (Å²) in [6, 6.07) is 9.55. The normalized spacial score (nSPS) is 13.6. The second-order valence-electron chi connectivity index (χ2n) is 6.62. The molecule has 0 saturated carbocycles. The second kappa shape index (κ2) is 6.50. The first kappa shape index (κ1) is 17.2. The van der Waals surface area contributed by atoms with Crippen LogP contribution >= 0.6 is 0 Å². The standard InChI is InChI=1S/C20H21N3O4/c1-12-5-6-13(2)23(12)19-16(10-21-22(19)4)20(24)27-14(3)15-7-8-17-18(9-15)26-11-25-17/h5-10,14H,11H2,1-4H3/t14-/m0/s1. The number of hydrogen-bond donors (Lipinski definition) is 0. The molecular formula is C20H21N3O4. The topological polar surface area (TPSA) is 67.5 Å². The molecule has 0 bridgehead atoms. The number of nitrogens with zero attached hydrogens (tertiary/aromatic N) is 3. The lowest BCUT2D eigenvalue weighted by molar-refractivity contribution is 0.0337. The summed E-state index contributed by atoms with van der Waals surface area (Å²) in [7, 11) is 1.81. The third-order valence-corrected chi connectivity index (χ3v) is 4.76. The van der Waals surface area contributed by atoms with E-state index >= 15 is 0 Å². The second-order valence-corrected chi connectivity index (χ2v) is 6.62. The van der Waals surface area contributed by atoms with Crippen LogP contribution in [-0.2, 0) is 11.8 Å². The molecular weight excluding hydrogens is 346 g/mol. The van der Waals surface area contributed by atoms with Gasteiger partial charge in [0.1, 0.15) is 17.5 Å². The predicted molar refractivity (Wildman–Crippen MR) is 98.4 cm³/mol. The number of benzene rings is 1. The van der Waals surface area contributed by atoms with Gasteiger partial charge in [0, 0.05) is 18.4 Å². The predicted octanol–water partition coefficient (Wildman–Crippen LogP) is 3.47. The van der Waals surface area contributed by atoms with E-state index in [1.54, 1.807) is 10.9 Å². The minimum atomic E-state index is -0.438.